The molecule has 1 atom stereocenters. The lowest BCUT2D eigenvalue weighted by atomic mass is 9.99. The molecule has 0 amide bonds. The number of hydrogen-bond acceptors (Lipinski definition) is 8. The molecule has 1 aliphatic heterocycles. The number of hydrogen-bond donors (Lipinski definition) is 0. The summed E-state index contributed by atoms with van der Waals surface area (Å²) in [4.78, 5) is 11.9. The van der Waals surface area contributed by atoms with Gasteiger partial charge >= 0.3 is 0 Å². The summed E-state index contributed by atoms with van der Waals surface area (Å²) in [6, 6.07) is 17.2. The van der Waals surface area contributed by atoms with E-state index in [4.69, 9.17) is 4.98 Å². The third-order valence-electron chi connectivity index (χ3n) is 7.13. The van der Waals surface area contributed by atoms with Crippen LogP contribution in [0.1, 0.15) is 44.6 Å². The van der Waals surface area contributed by atoms with E-state index in [1.807, 2.05) is 4.68 Å². The minimum Gasteiger partial charge on any atom is -0.378 e. The molecule has 9 heteroatoms. The fourth-order valence-electron chi connectivity index (χ4n) is 4.59. The summed E-state index contributed by atoms with van der Waals surface area (Å²) in [6.07, 6.45) is 0.947. The molecule has 0 radical (unpaired) electrons. The molecule has 1 saturated heterocycles. The molecule has 2 aromatic heterocycles. The number of fused-ring (bicyclic) bond motifs is 1. The number of rotatable bonds is 7. The SMILES string of the molecule is CCC(C)(C)n1nnnc1[C@H](c1ccc(N(C)C)cc1)N1CCN(c2nc3ccccc3s2)CC1. The van der Waals surface area contributed by atoms with Crippen molar-refractivity contribution in [2.45, 2.75) is 38.8 Å². The van der Waals surface area contributed by atoms with Gasteiger partial charge in [-0.3, -0.25) is 4.90 Å². The van der Waals surface area contributed by atoms with Gasteiger partial charge in [0.2, 0.25) is 0 Å². The molecule has 0 N–H and O–H groups in total. The highest BCUT2D eigenvalue weighted by atomic mass is 32.1. The number of thiazole rings is 1. The predicted octanol–water partition coefficient (Wildman–Crippen LogP) is 4.41. The van der Waals surface area contributed by atoms with Crippen molar-refractivity contribution in [3.05, 3.63) is 59.9 Å². The van der Waals surface area contributed by atoms with Gasteiger partial charge in [0.15, 0.2) is 11.0 Å². The summed E-state index contributed by atoms with van der Waals surface area (Å²) in [5.41, 5.74) is 3.31. The average molecular weight is 491 g/mol. The van der Waals surface area contributed by atoms with Crippen molar-refractivity contribution in [1.29, 1.82) is 0 Å². The lowest BCUT2D eigenvalue weighted by Crippen LogP contribution is -2.48. The summed E-state index contributed by atoms with van der Waals surface area (Å²) < 4.78 is 3.27. The van der Waals surface area contributed by atoms with E-state index in [0.29, 0.717) is 0 Å². The highest BCUT2D eigenvalue weighted by molar-refractivity contribution is 7.22. The van der Waals surface area contributed by atoms with Gasteiger partial charge in [-0.15, -0.1) is 5.10 Å². The van der Waals surface area contributed by atoms with E-state index in [-0.39, 0.29) is 11.6 Å². The molecule has 3 heterocycles. The average Bonchev–Trinajstić information content (AvgIpc) is 3.53. The Labute approximate surface area is 211 Å². The maximum atomic E-state index is 4.88. The Morgan fingerprint density at radius 2 is 1.71 bits per heavy atom. The third-order valence-corrected chi connectivity index (χ3v) is 8.23. The molecule has 4 aromatic rings. The topological polar surface area (TPSA) is 66.2 Å². The highest BCUT2D eigenvalue weighted by Crippen LogP contribution is 2.34. The van der Waals surface area contributed by atoms with Crippen molar-refractivity contribution < 1.29 is 0 Å². The van der Waals surface area contributed by atoms with Crippen LogP contribution < -0.4 is 9.80 Å². The molecule has 1 aliphatic rings. The second kappa shape index (κ2) is 9.54. The van der Waals surface area contributed by atoms with Gasteiger partial charge in [0.05, 0.1) is 21.8 Å². The van der Waals surface area contributed by atoms with E-state index in [9.17, 15) is 0 Å². The standard InChI is InChI=1S/C26H34N8S/c1-6-26(2,3)34-24(28-29-30-34)23(19-11-13-20(14-12-19)31(4)5)32-15-17-33(18-16-32)25-27-21-9-7-8-10-22(21)35-25/h7-14,23H,6,15-18H2,1-5H3/t23-/m0/s1. The van der Waals surface area contributed by atoms with Gasteiger partial charge in [-0.2, -0.15) is 0 Å². The van der Waals surface area contributed by atoms with Crippen LogP contribution in [0.15, 0.2) is 48.5 Å². The monoisotopic (exact) mass is 490 g/mol. The first-order valence-electron chi connectivity index (χ1n) is 12.3. The van der Waals surface area contributed by atoms with Crippen molar-refractivity contribution in [1.82, 2.24) is 30.1 Å². The molecular formula is C26H34N8S. The van der Waals surface area contributed by atoms with Crippen molar-refractivity contribution in [2.24, 2.45) is 0 Å². The van der Waals surface area contributed by atoms with Gasteiger partial charge in [-0.1, -0.05) is 42.5 Å². The van der Waals surface area contributed by atoms with Crippen molar-refractivity contribution in [3.63, 3.8) is 0 Å². The van der Waals surface area contributed by atoms with Gasteiger partial charge in [-0.05, 0) is 60.5 Å². The number of nitrogens with zero attached hydrogens (tertiary/aromatic N) is 8. The molecular weight excluding hydrogens is 456 g/mol. The zero-order chi connectivity index (χ0) is 24.6. The number of benzene rings is 2. The zero-order valence-electron chi connectivity index (χ0n) is 21.2. The first-order valence-corrected chi connectivity index (χ1v) is 13.1. The minimum atomic E-state index is -0.163. The molecule has 0 spiro atoms. The number of anilines is 2. The Balaban J connectivity index is 1.44. The molecule has 8 nitrogen and oxygen atoms in total. The summed E-state index contributed by atoms with van der Waals surface area (Å²) in [5.74, 6) is 0.905. The number of tetrazole rings is 1. The van der Waals surface area contributed by atoms with Gasteiger partial charge in [-0.25, -0.2) is 9.67 Å². The number of aromatic nitrogens is 5. The Bertz CT molecular complexity index is 1240. The lowest BCUT2D eigenvalue weighted by Gasteiger charge is -2.39. The second-order valence-corrected chi connectivity index (χ2v) is 11.0. The summed E-state index contributed by atoms with van der Waals surface area (Å²) in [7, 11) is 4.14. The fraction of sp³-hybridized carbons (Fsp3) is 0.462. The molecule has 0 bridgehead atoms. The van der Waals surface area contributed by atoms with E-state index in [1.165, 1.54) is 16.0 Å². The van der Waals surface area contributed by atoms with Crippen molar-refractivity contribution in [3.8, 4) is 0 Å². The lowest BCUT2D eigenvalue weighted by molar-refractivity contribution is 0.187. The number of para-hydroxylation sites is 1. The van der Waals surface area contributed by atoms with E-state index in [0.717, 1.165) is 49.1 Å². The molecule has 1 fully saturated rings. The second-order valence-electron chi connectivity index (χ2n) is 9.99. The maximum Gasteiger partial charge on any atom is 0.186 e. The van der Waals surface area contributed by atoms with Crippen LogP contribution in [-0.4, -0.2) is 70.4 Å². The molecule has 35 heavy (non-hydrogen) atoms. The molecule has 0 saturated carbocycles. The van der Waals surface area contributed by atoms with Crippen LogP contribution in [0.3, 0.4) is 0 Å². The highest BCUT2D eigenvalue weighted by Gasteiger charge is 2.34. The van der Waals surface area contributed by atoms with Crippen molar-refractivity contribution in [2.75, 3.05) is 50.1 Å². The summed E-state index contributed by atoms with van der Waals surface area (Å²) in [6.45, 7) is 10.2. The smallest absolute Gasteiger partial charge is 0.186 e. The zero-order valence-corrected chi connectivity index (χ0v) is 22.0. The van der Waals surface area contributed by atoms with Crippen LogP contribution in [0.25, 0.3) is 10.2 Å². The van der Waals surface area contributed by atoms with E-state index >= 15 is 0 Å². The Hall–Kier alpha value is -3.04. The maximum absolute atomic E-state index is 4.88. The summed E-state index contributed by atoms with van der Waals surface area (Å²) >= 11 is 1.78. The summed E-state index contributed by atoms with van der Waals surface area (Å²) in [5, 5.41) is 14.2. The molecule has 2 aromatic carbocycles. The van der Waals surface area contributed by atoms with E-state index in [2.05, 4.69) is 114 Å². The largest absolute Gasteiger partial charge is 0.378 e. The van der Waals surface area contributed by atoms with Crippen LogP contribution in [0.5, 0.6) is 0 Å². The normalized spacial score (nSPS) is 16.1. The quantitative estimate of drug-likeness (QED) is 0.380. The third kappa shape index (κ3) is 4.62. The Morgan fingerprint density at radius 3 is 2.37 bits per heavy atom. The predicted molar refractivity (Wildman–Crippen MR) is 143 cm³/mol. The molecule has 184 valence electrons. The minimum absolute atomic E-state index is 0.00967. The van der Waals surface area contributed by atoms with Crippen molar-refractivity contribution >= 4 is 32.4 Å². The van der Waals surface area contributed by atoms with E-state index in [1.54, 1.807) is 11.3 Å². The van der Waals surface area contributed by atoms with Gasteiger partial charge in [0.1, 0.15) is 0 Å². The van der Waals surface area contributed by atoms with Crippen LogP contribution in [-0.2, 0) is 5.54 Å². The Morgan fingerprint density at radius 1 is 1.00 bits per heavy atom. The van der Waals surface area contributed by atoms with Gasteiger partial charge in [0, 0.05) is 46.0 Å². The van der Waals surface area contributed by atoms with Gasteiger partial charge in [0.25, 0.3) is 0 Å². The van der Waals surface area contributed by atoms with Crippen LogP contribution in [0.4, 0.5) is 10.8 Å². The van der Waals surface area contributed by atoms with Crippen LogP contribution >= 0.6 is 11.3 Å². The number of piperazine rings is 1. The van der Waals surface area contributed by atoms with E-state index < -0.39 is 0 Å². The fourth-order valence-corrected chi connectivity index (χ4v) is 5.61. The Kier molecular flexibility index (Phi) is 6.46. The molecule has 0 unspecified atom stereocenters. The van der Waals surface area contributed by atoms with Gasteiger partial charge < -0.3 is 9.80 Å². The molecule has 0 aliphatic carbocycles. The molecule has 5 rings (SSSR count). The first-order chi connectivity index (χ1) is 16.9. The van der Waals surface area contributed by atoms with Crippen LogP contribution in [0, 0.1) is 0 Å². The first kappa shape index (κ1) is 23.7. The van der Waals surface area contributed by atoms with Crippen LogP contribution in [0.2, 0.25) is 0 Å².